The Morgan fingerprint density at radius 3 is 2.67 bits per heavy atom. The molecule has 0 radical (unpaired) electrons. The molecule has 0 saturated carbocycles. The summed E-state index contributed by atoms with van der Waals surface area (Å²) >= 11 is 0. The van der Waals surface area contributed by atoms with Crippen molar-refractivity contribution in [1.82, 2.24) is 0 Å². The molecular weight excluding hydrogens is 232 g/mol. The second-order valence-electron chi connectivity index (χ2n) is 5.01. The first-order chi connectivity index (χ1) is 8.65. The van der Waals surface area contributed by atoms with E-state index in [1.54, 1.807) is 0 Å². The Kier molecular flexibility index (Phi) is 4.48. The van der Waals surface area contributed by atoms with E-state index in [-0.39, 0.29) is 6.04 Å². The zero-order valence-electron chi connectivity index (χ0n) is 10.5. The second kappa shape index (κ2) is 6.10. The van der Waals surface area contributed by atoms with Crippen LogP contribution >= 0.6 is 0 Å². The molecule has 0 heterocycles. The number of nitrogens with two attached hydrogens (primary N) is 1. The summed E-state index contributed by atoms with van der Waals surface area (Å²) < 4.78 is 26.3. The third-order valence-corrected chi connectivity index (χ3v) is 3.41. The van der Waals surface area contributed by atoms with E-state index in [4.69, 9.17) is 5.73 Å². The van der Waals surface area contributed by atoms with Gasteiger partial charge in [0, 0.05) is 12.1 Å². The largest absolute Gasteiger partial charge is 0.327 e. The number of hydrogen-bond donors (Lipinski definition) is 1. The SMILES string of the molecule is NC(CC1=CCCCC1)Cc1ccc(F)cc1F. The van der Waals surface area contributed by atoms with E-state index in [9.17, 15) is 8.78 Å². The normalized spacial score (nSPS) is 17.4. The van der Waals surface area contributed by atoms with Crippen LogP contribution in [0.3, 0.4) is 0 Å². The van der Waals surface area contributed by atoms with Gasteiger partial charge in [0.15, 0.2) is 0 Å². The van der Waals surface area contributed by atoms with Gasteiger partial charge in [-0.05, 0) is 50.2 Å². The maximum absolute atomic E-state index is 13.5. The maximum Gasteiger partial charge on any atom is 0.129 e. The fourth-order valence-electron chi connectivity index (χ4n) is 2.47. The molecule has 0 fully saturated rings. The molecular formula is C15H19F2N. The first-order valence-corrected chi connectivity index (χ1v) is 6.52. The summed E-state index contributed by atoms with van der Waals surface area (Å²) in [4.78, 5) is 0. The standard InChI is InChI=1S/C15H19F2N/c16-13-7-6-12(15(17)10-13)9-14(18)8-11-4-2-1-3-5-11/h4,6-7,10,14H,1-3,5,8-9,18H2. The van der Waals surface area contributed by atoms with Gasteiger partial charge in [0.05, 0.1) is 0 Å². The van der Waals surface area contributed by atoms with Crippen LogP contribution < -0.4 is 5.73 Å². The van der Waals surface area contributed by atoms with Crippen LogP contribution in [-0.4, -0.2) is 6.04 Å². The molecule has 0 bridgehead atoms. The average molecular weight is 251 g/mol. The summed E-state index contributed by atoms with van der Waals surface area (Å²) in [5.41, 5.74) is 7.93. The molecule has 0 aliphatic heterocycles. The van der Waals surface area contributed by atoms with Crippen molar-refractivity contribution in [3.05, 3.63) is 47.0 Å². The molecule has 0 aromatic heterocycles. The summed E-state index contributed by atoms with van der Waals surface area (Å²) in [5.74, 6) is -1.04. The Morgan fingerprint density at radius 2 is 2.00 bits per heavy atom. The lowest BCUT2D eigenvalue weighted by molar-refractivity contribution is 0.552. The minimum atomic E-state index is -0.542. The monoisotopic (exact) mass is 251 g/mol. The molecule has 1 aromatic rings. The Hall–Kier alpha value is -1.22. The highest BCUT2D eigenvalue weighted by atomic mass is 19.1. The Morgan fingerprint density at radius 1 is 1.17 bits per heavy atom. The van der Waals surface area contributed by atoms with Gasteiger partial charge in [-0.3, -0.25) is 0 Å². The van der Waals surface area contributed by atoms with E-state index in [1.807, 2.05) is 0 Å². The molecule has 98 valence electrons. The third-order valence-electron chi connectivity index (χ3n) is 3.41. The summed E-state index contributed by atoms with van der Waals surface area (Å²) in [7, 11) is 0. The number of allylic oxidation sites excluding steroid dienone is 1. The molecule has 2 rings (SSSR count). The Labute approximate surface area is 107 Å². The van der Waals surface area contributed by atoms with Gasteiger partial charge in [0.25, 0.3) is 0 Å². The molecule has 0 amide bonds. The fraction of sp³-hybridized carbons (Fsp3) is 0.467. The lowest BCUT2D eigenvalue weighted by atomic mass is 9.92. The van der Waals surface area contributed by atoms with Crippen molar-refractivity contribution in [2.75, 3.05) is 0 Å². The summed E-state index contributed by atoms with van der Waals surface area (Å²) in [6.45, 7) is 0. The van der Waals surface area contributed by atoms with Crippen LogP contribution in [-0.2, 0) is 6.42 Å². The maximum atomic E-state index is 13.5. The molecule has 2 N–H and O–H groups in total. The average Bonchev–Trinajstić information content (AvgIpc) is 2.34. The van der Waals surface area contributed by atoms with Crippen LogP contribution in [0.25, 0.3) is 0 Å². The van der Waals surface area contributed by atoms with Crippen molar-refractivity contribution in [2.45, 2.75) is 44.6 Å². The van der Waals surface area contributed by atoms with E-state index in [2.05, 4.69) is 6.08 Å². The molecule has 0 spiro atoms. The van der Waals surface area contributed by atoms with Crippen molar-refractivity contribution in [2.24, 2.45) is 5.73 Å². The minimum absolute atomic E-state index is 0.0886. The van der Waals surface area contributed by atoms with Crippen molar-refractivity contribution in [1.29, 1.82) is 0 Å². The highest BCUT2D eigenvalue weighted by Crippen LogP contribution is 2.22. The lowest BCUT2D eigenvalue weighted by Gasteiger charge is -2.17. The van der Waals surface area contributed by atoms with E-state index >= 15 is 0 Å². The van der Waals surface area contributed by atoms with Crippen LogP contribution in [0.2, 0.25) is 0 Å². The lowest BCUT2D eigenvalue weighted by Crippen LogP contribution is -2.24. The smallest absolute Gasteiger partial charge is 0.129 e. The number of rotatable bonds is 4. The fourth-order valence-corrected chi connectivity index (χ4v) is 2.47. The van der Waals surface area contributed by atoms with E-state index < -0.39 is 11.6 Å². The topological polar surface area (TPSA) is 26.0 Å². The van der Waals surface area contributed by atoms with Gasteiger partial charge in [-0.2, -0.15) is 0 Å². The van der Waals surface area contributed by atoms with Crippen molar-refractivity contribution >= 4 is 0 Å². The van der Waals surface area contributed by atoms with E-state index in [0.717, 1.165) is 25.3 Å². The summed E-state index contributed by atoms with van der Waals surface area (Å²) in [5, 5.41) is 0. The molecule has 1 aliphatic carbocycles. The van der Waals surface area contributed by atoms with Gasteiger partial charge in [0.1, 0.15) is 11.6 Å². The van der Waals surface area contributed by atoms with Gasteiger partial charge < -0.3 is 5.73 Å². The number of benzene rings is 1. The van der Waals surface area contributed by atoms with E-state index in [0.29, 0.717) is 12.0 Å². The van der Waals surface area contributed by atoms with Crippen LogP contribution in [0.4, 0.5) is 8.78 Å². The van der Waals surface area contributed by atoms with Crippen molar-refractivity contribution in [3.63, 3.8) is 0 Å². The van der Waals surface area contributed by atoms with Gasteiger partial charge in [-0.15, -0.1) is 0 Å². The first kappa shape index (κ1) is 13.2. The molecule has 1 aromatic carbocycles. The molecule has 1 aliphatic rings. The van der Waals surface area contributed by atoms with Crippen LogP contribution in [0.1, 0.15) is 37.7 Å². The van der Waals surface area contributed by atoms with Gasteiger partial charge >= 0.3 is 0 Å². The predicted molar refractivity (Wildman–Crippen MR) is 69.2 cm³/mol. The molecule has 1 nitrogen and oxygen atoms in total. The van der Waals surface area contributed by atoms with Crippen molar-refractivity contribution in [3.8, 4) is 0 Å². The molecule has 1 atom stereocenters. The molecule has 18 heavy (non-hydrogen) atoms. The van der Waals surface area contributed by atoms with E-state index in [1.165, 1.54) is 30.5 Å². The summed E-state index contributed by atoms with van der Waals surface area (Å²) in [6.07, 6.45) is 8.26. The van der Waals surface area contributed by atoms with Gasteiger partial charge in [-0.25, -0.2) is 8.78 Å². The zero-order chi connectivity index (χ0) is 13.0. The zero-order valence-corrected chi connectivity index (χ0v) is 10.5. The molecule has 3 heteroatoms. The van der Waals surface area contributed by atoms with Gasteiger partial charge in [0.2, 0.25) is 0 Å². The molecule has 1 unspecified atom stereocenters. The predicted octanol–water partition coefficient (Wildman–Crippen LogP) is 3.73. The first-order valence-electron chi connectivity index (χ1n) is 6.52. The van der Waals surface area contributed by atoms with Crippen molar-refractivity contribution < 1.29 is 8.78 Å². The summed E-state index contributed by atoms with van der Waals surface area (Å²) in [6, 6.07) is 3.60. The second-order valence-corrected chi connectivity index (χ2v) is 5.01. The number of halogens is 2. The molecule has 0 saturated heterocycles. The van der Waals surface area contributed by atoms with Crippen LogP contribution in [0, 0.1) is 11.6 Å². The Balaban J connectivity index is 1.94. The number of hydrogen-bond acceptors (Lipinski definition) is 1. The van der Waals surface area contributed by atoms with Gasteiger partial charge in [-0.1, -0.05) is 17.7 Å². The Bertz CT molecular complexity index is 440. The highest BCUT2D eigenvalue weighted by Gasteiger charge is 2.12. The third kappa shape index (κ3) is 3.64. The highest BCUT2D eigenvalue weighted by molar-refractivity contribution is 5.20. The minimum Gasteiger partial charge on any atom is -0.327 e. The van der Waals surface area contributed by atoms with Crippen LogP contribution in [0.15, 0.2) is 29.8 Å². The van der Waals surface area contributed by atoms with Crippen LogP contribution in [0.5, 0.6) is 0 Å². The quantitative estimate of drug-likeness (QED) is 0.811.